The van der Waals surface area contributed by atoms with Crippen LogP contribution >= 0.6 is 11.3 Å². The van der Waals surface area contributed by atoms with Gasteiger partial charge >= 0.3 is 0 Å². The van der Waals surface area contributed by atoms with E-state index in [1.165, 1.54) is 11.3 Å². The van der Waals surface area contributed by atoms with E-state index in [0.29, 0.717) is 5.76 Å². The lowest BCUT2D eigenvalue weighted by molar-refractivity contribution is 0.595. The maximum absolute atomic E-state index is 5.34. The van der Waals surface area contributed by atoms with Gasteiger partial charge in [0.15, 0.2) is 5.76 Å². The second kappa shape index (κ2) is 2.60. The molecule has 0 amide bonds. The standard InChI is InChI=1S/C7H7N3OS/c1-4-6(12-3-10-4)5-2-9-7(8)11-5/h2-3H,1H3,(H2,8,9). The first kappa shape index (κ1) is 7.30. The van der Waals surface area contributed by atoms with Crippen LogP contribution in [0.3, 0.4) is 0 Å². The van der Waals surface area contributed by atoms with Crippen LogP contribution in [-0.4, -0.2) is 9.97 Å². The molecular weight excluding hydrogens is 174 g/mol. The molecule has 0 aliphatic rings. The first-order valence-corrected chi connectivity index (χ1v) is 4.27. The van der Waals surface area contributed by atoms with E-state index in [0.717, 1.165) is 10.6 Å². The minimum Gasteiger partial charge on any atom is -0.423 e. The summed E-state index contributed by atoms with van der Waals surface area (Å²) < 4.78 is 5.15. The van der Waals surface area contributed by atoms with Gasteiger partial charge in [-0.25, -0.2) is 9.97 Å². The number of thiazole rings is 1. The molecule has 0 aromatic carbocycles. The topological polar surface area (TPSA) is 64.9 Å². The summed E-state index contributed by atoms with van der Waals surface area (Å²) in [6.07, 6.45) is 1.61. The monoisotopic (exact) mass is 181 g/mol. The number of aryl methyl sites for hydroxylation is 1. The Morgan fingerprint density at radius 1 is 1.50 bits per heavy atom. The fourth-order valence-electron chi connectivity index (χ4n) is 0.931. The van der Waals surface area contributed by atoms with Crippen molar-refractivity contribution in [2.45, 2.75) is 6.92 Å². The molecule has 0 saturated heterocycles. The lowest BCUT2D eigenvalue weighted by Crippen LogP contribution is -1.79. The van der Waals surface area contributed by atoms with Crippen molar-refractivity contribution in [3.8, 4) is 10.6 Å². The van der Waals surface area contributed by atoms with Gasteiger partial charge in [-0.3, -0.25) is 0 Å². The molecule has 0 radical (unpaired) electrons. The minimum atomic E-state index is 0.192. The Labute approximate surface area is 73.1 Å². The summed E-state index contributed by atoms with van der Waals surface area (Å²) in [7, 11) is 0. The van der Waals surface area contributed by atoms with Crippen LogP contribution in [0.2, 0.25) is 0 Å². The van der Waals surface area contributed by atoms with Crippen LogP contribution in [0.25, 0.3) is 10.6 Å². The average molecular weight is 181 g/mol. The zero-order valence-electron chi connectivity index (χ0n) is 6.44. The molecule has 2 N–H and O–H groups in total. The van der Waals surface area contributed by atoms with Crippen molar-refractivity contribution in [1.82, 2.24) is 9.97 Å². The lowest BCUT2D eigenvalue weighted by Gasteiger charge is -1.89. The maximum atomic E-state index is 5.34. The molecule has 0 saturated carbocycles. The Morgan fingerprint density at radius 3 is 2.83 bits per heavy atom. The van der Waals surface area contributed by atoms with Gasteiger partial charge in [0.25, 0.3) is 6.01 Å². The fourth-order valence-corrected chi connectivity index (χ4v) is 1.68. The molecule has 12 heavy (non-hydrogen) atoms. The molecule has 2 heterocycles. The van der Waals surface area contributed by atoms with Gasteiger partial charge in [-0.2, -0.15) is 0 Å². The summed E-state index contributed by atoms with van der Waals surface area (Å²) in [6.45, 7) is 1.92. The minimum absolute atomic E-state index is 0.192. The first-order valence-electron chi connectivity index (χ1n) is 3.39. The quantitative estimate of drug-likeness (QED) is 0.727. The first-order chi connectivity index (χ1) is 5.77. The van der Waals surface area contributed by atoms with Gasteiger partial charge < -0.3 is 10.2 Å². The third-order valence-corrected chi connectivity index (χ3v) is 2.44. The molecule has 2 aromatic rings. The van der Waals surface area contributed by atoms with Crippen molar-refractivity contribution in [3.05, 3.63) is 17.4 Å². The van der Waals surface area contributed by atoms with Crippen LogP contribution in [-0.2, 0) is 0 Å². The van der Waals surface area contributed by atoms with Gasteiger partial charge in [0, 0.05) is 0 Å². The van der Waals surface area contributed by atoms with Gasteiger partial charge in [-0.1, -0.05) is 0 Å². The average Bonchev–Trinajstić information content (AvgIpc) is 2.58. The van der Waals surface area contributed by atoms with Gasteiger partial charge in [0.05, 0.1) is 22.3 Å². The fraction of sp³-hybridized carbons (Fsp3) is 0.143. The molecule has 62 valence electrons. The second-order valence-electron chi connectivity index (χ2n) is 2.33. The molecule has 0 unspecified atom stereocenters. The van der Waals surface area contributed by atoms with Crippen molar-refractivity contribution in [3.63, 3.8) is 0 Å². The molecule has 0 aliphatic carbocycles. The molecule has 2 aromatic heterocycles. The number of rotatable bonds is 1. The van der Waals surface area contributed by atoms with Crippen molar-refractivity contribution >= 4 is 17.4 Å². The predicted molar refractivity (Wildman–Crippen MR) is 46.8 cm³/mol. The van der Waals surface area contributed by atoms with Crippen LogP contribution in [0, 0.1) is 6.92 Å². The number of anilines is 1. The highest BCUT2D eigenvalue weighted by Gasteiger charge is 2.08. The van der Waals surface area contributed by atoms with Crippen molar-refractivity contribution in [2.75, 3.05) is 5.73 Å². The highest BCUT2D eigenvalue weighted by molar-refractivity contribution is 7.13. The van der Waals surface area contributed by atoms with Gasteiger partial charge in [0.2, 0.25) is 0 Å². The lowest BCUT2D eigenvalue weighted by atomic mass is 10.3. The summed E-state index contributed by atoms with van der Waals surface area (Å²) in [5, 5.41) is 0. The zero-order valence-corrected chi connectivity index (χ0v) is 7.26. The number of aromatic nitrogens is 2. The smallest absolute Gasteiger partial charge is 0.292 e. The van der Waals surface area contributed by atoms with E-state index in [9.17, 15) is 0 Å². The molecule has 5 heteroatoms. The molecule has 0 bridgehead atoms. The summed E-state index contributed by atoms with van der Waals surface area (Å²) in [4.78, 5) is 8.88. The second-order valence-corrected chi connectivity index (χ2v) is 3.18. The number of hydrogen-bond acceptors (Lipinski definition) is 5. The Balaban J connectivity index is 2.50. The molecule has 0 aliphatic heterocycles. The van der Waals surface area contributed by atoms with Crippen LogP contribution in [0.15, 0.2) is 16.1 Å². The number of nitrogen functional groups attached to an aromatic ring is 1. The largest absolute Gasteiger partial charge is 0.423 e. The number of oxazole rings is 1. The Bertz CT molecular complexity index is 393. The zero-order chi connectivity index (χ0) is 8.55. The summed E-state index contributed by atoms with van der Waals surface area (Å²) >= 11 is 1.52. The van der Waals surface area contributed by atoms with Crippen LogP contribution in [0.1, 0.15) is 5.69 Å². The predicted octanol–water partition coefficient (Wildman–Crippen LogP) is 1.69. The Morgan fingerprint density at radius 2 is 2.33 bits per heavy atom. The highest BCUT2D eigenvalue weighted by Crippen LogP contribution is 2.27. The van der Waals surface area contributed by atoms with E-state index >= 15 is 0 Å². The SMILES string of the molecule is Cc1ncsc1-c1cnc(N)o1. The van der Waals surface area contributed by atoms with Crippen LogP contribution < -0.4 is 5.73 Å². The van der Waals surface area contributed by atoms with E-state index in [1.807, 2.05) is 6.92 Å². The number of nitrogens with zero attached hydrogens (tertiary/aromatic N) is 2. The highest BCUT2D eigenvalue weighted by atomic mass is 32.1. The van der Waals surface area contributed by atoms with E-state index in [1.54, 1.807) is 11.7 Å². The van der Waals surface area contributed by atoms with Gasteiger partial charge in [-0.15, -0.1) is 11.3 Å². The summed E-state index contributed by atoms with van der Waals surface area (Å²) in [5.74, 6) is 0.688. The van der Waals surface area contributed by atoms with E-state index in [2.05, 4.69) is 9.97 Å². The normalized spacial score (nSPS) is 10.4. The van der Waals surface area contributed by atoms with Crippen LogP contribution in [0.4, 0.5) is 6.01 Å². The molecule has 0 fully saturated rings. The van der Waals surface area contributed by atoms with Crippen molar-refractivity contribution in [2.24, 2.45) is 0 Å². The molecular formula is C7H7N3OS. The molecule has 2 rings (SSSR count). The van der Waals surface area contributed by atoms with Crippen LogP contribution in [0.5, 0.6) is 0 Å². The molecule has 0 spiro atoms. The summed E-state index contributed by atoms with van der Waals surface area (Å²) in [6, 6.07) is 0.192. The van der Waals surface area contributed by atoms with Gasteiger partial charge in [0.1, 0.15) is 0 Å². The molecule has 4 nitrogen and oxygen atoms in total. The maximum Gasteiger partial charge on any atom is 0.292 e. The number of hydrogen-bond donors (Lipinski definition) is 1. The van der Waals surface area contributed by atoms with E-state index in [-0.39, 0.29) is 6.01 Å². The third-order valence-electron chi connectivity index (χ3n) is 1.49. The summed E-state index contributed by atoms with van der Waals surface area (Å²) in [5.41, 5.74) is 8.05. The number of nitrogens with two attached hydrogens (primary N) is 1. The van der Waals surface area contributed by atoms with Crippen molar-refractivity contribution in [1.29, 1.82) is 0 Å². The van der Waals surface area contributed by atoms with E-state index < -0.39 is 0 Å². The van der Waals surface area contributed by atoms with E-state index in [4.69, 9.17) is 10.2 Å². The Kier molecular flexibility index (Phi) is 1.58. The molecule has 0 atom stereocenters. The Hall–Kier alpha value is -1.36. The van der Waals surface area contributed by atoms with Gasteiger partial charge in [-0.05, 0) is 6.92 Å². The van der Waals surface area contributed by atoms with Crippen molar-refractivity contribution < 1.29 is 4.42 Å². The third kappa shape index (κ3) is 1.08.